The Balaban J connectivity index is 1.39. The van der Waals surface area contributed by atoms with E-state index in [0.29, 0.717) is 19.7 Å². The van der Waals surface area contributed by atoms with E-state index in [1.54, 1.807) is 18.4 Å². The summed E-state index contributed by atoms with van der Waals surface area (Å²) in [6, 6.07) is 18.4. The first-order chi connectivity index (χ1) is 14.2. The topological polar surface area (TPSA) is 42.7 Å². The van der Waals surface area contributed by atoms with Crippen molar-refractivity contribution in [2.24, 2.45) is 0 Å². The van der Waals surface area contributed by atoms with Crippen LogP contribution in [0.3, 0.4) is 0 Å². The number of carbonyl (C=O) groups excluding carboxylic acids is 1. The van der Waals surface area contributed by atoms with Crippen LogP contribution in [0, 0.1) is 5.82 Å². The second-order valence-corrected chi connectivity index (χ2v) is 7.35. The van der Waals surface area contributed by atoms with Gasteiger partial charge in [-0.15, -0.1) is 0 Å². The molecule has 2 heterocycles. The Morgan fingerprint density at radius 3 is 2.76 bits per heavy atom. The summed E-state index contributed by atoms with van der Waals surface area (Å²) >= 11 is 0. The molecular formula is C24H20FNO3. The van der Waals surface area contributed by atoms with E-state index in [1.807, 2.05) is 29.2 Å². The quantitative estimate of drug-likeness (QED) is 0.502. The molecule has 0 N–H and O–H groups in total. The molecule has 29 heavy (non-hydrogen) atoms. The minimum Gasteiger partial charge on any atom is -0.464 e. The summed E-state index contributed by atoms with van der Waals surface area (Å²) in [5.74, 6) is -0.243. The van der Waals surface area contributed by atoms with Crippen molar-refractivity contribution in [1.29, 1.82) is 0 Å². The molecule has 1 fully saturated rings. The Kier molecular flexibility index (Phi) is 4.52. The predicted octanol–water partition coefficient (Wildman–Crippen LogP) is 4.87. The van der Waals surface area contributed by atoms with Crippen molar-refractivity contribution in [3.8, 4) is 0 Å². The van der Waals surface area contributed by atoms with Crippen LogP contribution in [0.25, 0.3) is 21.7 Å². The van der Waals surface area contributed by atoms with Crippen molar-refractivity contribution in [3.63, 3.8) is 0 Å². The lowest BCUT2D eigenvalue weighted by atomic mass is 10.0. The summed E-state index contributed by atoms with van der Waals surface area (Å²) in [6.07, 6.45) is 1.72. The summed E-state index contributed by atoms with van der Waals surface area (Å²) in [5, 5.41) is 3.21. The lowest BCUT2D eigenvalue weighted by Gasteiger charge is -2.33. The molecule has 1 aliphatic heterocycles. The van der Waals surface area contributed by atoms with Crippen LogP contribution >= 0.6 is 0 Å². The van der Waals surface area contributed by atoms with Crippen LogP contribution in [0.2, 0.25) is 0 Å². The minimum atomic E-state index is -0.281. The number of carbonyl (C=O) groups is 1. The molecule has 0 saturated carbocycles. The van der Waals surface area contributed by atoms with Gasteiger partial charge in [0.2, 0.25) is 5.91 Å². The maximum absolute atomic E-state index is 13.2. The SMILES string of the molecule is O=C(Cc1coc2ccc3ccccc3c12)N1CCOC(c2ccc(F)cc2)C1. The fraction of sp³-hybridized carbons (Fsp3) is 0.208. The first kappa shape index (κ1) is 17.9. The molecule has 4 nitrogen and oxygen atoms in total. The lowest BCUT2D eigenvalue weighted by Crippen LogP contribution is -2.42. The number of rotatable bonds is 3. The highest BCUT2D eigenvalue weighted by Gasteiger charge is 2.26. The number of amides is 1. The smallest absolute Gasteiger partial charge is 0.227 e. The molecule has 5 rings (SSSR count). The van der Waals surface area contributed by atoms with Gasteiger partial charge in [0.25, 0.3) is 0 Å². The Morgan fingerprint density at radius 1 is 1.07 bits per heavy atom. The second kappa shape index (κ2) is 7.33. The molecule has 1 unspecified atom stereocenters. The Bertz CT molecular complexity index is 1180. The van der Waals surface area contributed by atoms with Gasteiger partial charge in [0, 0.05) is 17.5 Å². The van der Waals surface area contributed by atoms with Crippen molar-refractivity contribution < 1.29 is 18.3 Å². The van der Waals surface area contributed by atoms with Crippen molar-refractivity contribution in [2.45, 2.75) is 12.5 Å². The molecule has 3 aromatic carbocycles. The van der Waals surface area contributed by atoms with Gasteiger partial charge in [-0.1, -0.05) is 42.5 Å². The van der Waals surface area contributed by atoms with Gasteiger partial charge in [0.05, 0.1) is 25.8 Å². The standard InChI is InChI=1S/C24H20FNO3/c25-19-8-5-17(6-9-19)22-14-26(11-12-28-22)23(27)13-18-15-29-21-10-7-16-3-1-2-4-20(16)24(18)21/h1-10,15,22H,11-14H2. The zero-order valence-electron chi connectivity index (χ0n) is 15.8. The molecular weight excluding hydrogens is 369 g/mol. The number of fused-ring (bicyclic) bond motifs is 3. The van der Waals surface area contributed by atoms with Gasteiger partial charge < -0.3 is 14.1 Å². The lowest BCUT2D eigenvalue weighted by molar-refractivity contribution is -0.138. The molecule has 146 valence electrons. The molecule has 0 spiro atoms. The summed E-state index contributed by atoms with van der Waals surface area (Å²) in [6.45, 7) is 1.47. The van der Waals surface area contributed by atoms with E-state index in [0.717, 1.165) is 32.9 Å². The van der Waals surface area contributed by atoms with Gasteiger partial charge in [-0.05, 0) is 34.5 Å². The minimum absolute atomic E-state index is 0.0380. The van der Waals surface area contributed by atoms with E-state index in [2.05, 4.69) is 12.1 Å². The number of ether oxygens (including phenoxy) is 1. The fourth-order valence-corrected chi connectivity index (χ4v) is 4.03. The fourth-order valence-electron chi connectivity index (χ4n) is 4.03. The average Bonchev–Trinajstić information content (AvgIpc) is 3.17. The summed E-state index contributed by atoms with van der Waals surface area (Å²) < 4.78 is 24.7. The summed E-state index contributed by atoms with van der Waals surface area (Å²) in [5.41, 5.74) is 2.56. The molecule has 1 aromatic heterocycles. The number of morpholine rings is 1. The van der Waals surface area contributed by atoms with Crippen LogP contribution < -0.4 is 0 Å². The van der Waals surface area contributed by atoms with E-state index in [1.165, 1.54) is 12.1 Å². The molecule has 1 saturated heterocycles. The third kappa shape index (κ3) is 3.38. The normalized spacial score (nSPS) is 17.1. The summed E-state index contributed by atoms with van der Waals surface area (Å²) in [4.78, 5) is 14.9. The van der Waals surface area contributed by atoms with E-state index in [4.69, 9.17) is 9.15 Å². The van der Waals surface area contributed by atoms with E-state index < -0.39 is 0 Å². The number of furan rings is 1. The number of halogens is 1. The van der Waals surface area contributed by atoms with E-state index >= 15 is 0 Å². The Labute approximate surface area is 167 Å². The highest BCUT2D eigenvalue weighted by molar-refractivity contribution is 6.08. The highest BCUT2D eigenvalue weighted by atomic mass is 19.1. The number of benzene rings is 3. The zero-order chi connectivity index (χ0) is 19.8. The third-order valence-corrected chi connectivity index (χ3v) is 5.54. The Hall–Kier alpha value is -3.18. The maximum atomic E-state index is 13.2. The third-order valence-electron chi connectivity index (χ3n) is 5.54. The molecule has 0 bridgehead atoms. The van der Waals surface area contributed by atoms with Crippen molar-refractivity contribution in [1.82, 2.24) is 4.90 Å². The van der Waals surface area contributed by atoms with Crippen LogP contribution in [-0.2, 0) is 16.0 Å². The number of hydrogen-bond acceptors (Lipinski definition) is 3. The van der Waals surface area contributed by atoms with Gasteiger partial charge in [-0.3, -0.25) is 4.79 Å². The number of hydrogen-bond donors (Lipinski definition) is 0. The predicted molar refractivity (Wildman–Crippen MR) is 109 cm³/mol. The largest absolute Gasteiger partial charge is 0.464 e. The molecule has 4 aromatic rings. The first-order valence-electron chi connectivity index (χ1n) is 9.72. The van der Waals surface area contributed by atoms with Crippen molar-refractivity contribution in [3.05, 3.63) is 83.9 Å². The van der Waals surface area contributed by atoms with Crippen LogP contribution in [0.1, 0.15) is 17.2 Å². The molecule has 5 heteroatoms. The Morgan fingerprint density at radius 2 is 1.90 bits per heavy atom. The van der Waals surface area contributed by atoms with Crippen LogP contribution in [0.4, 0.5) is 4.39 Å². The second-order valence-electron chi connectivity index (χ2n) is 7.35. The van der Waals surface area contributed by atoms with Crippen LogP contribution in [0.5, 0.6) is 0 Å². The number of nitrogens with zero attached hydrogens (tertiary/aromatic N) is 1. The van der Waals surface area contributed by atoms with Gasteiger partial charge in [0.15, 0.2) is 0 Å². The van der Waals surface area contributed by atoms with E-state index in [-0.39, 0.29) is 24.2 Å². The monoisotopic (exact) mass is 389 g/mol. The van der Waals surface area contributed by atoms with Crippen molar-refractivity contribution in [2.75, 3.05) is 19.7 Å². The first-order valence-corrected chi connectivity index (χ1v) is 9.72. The van der Waals surface area contributed by atoms with Gasteiger partial charge >= 0.3 is 0 Å². The van der Waals surface area contributed by atoms with Gasteiger partial charge in [-0.25, -0.2) is 4.39 Å². The van der Waals surface area contributed by atoms with E-state index in [9.17, 15) is 9.18 Å². The maximum Gasteiger partial charge on any atom is 0.227 e. The van der Waals surface area contributed by atoms with Crippen LogP contribution in [-0.4, -0.2) is 30.5 Å². The molecule has 0 radical (unpaired) electrons. The molecule has 1 aliphatic rings. The molecule has 0 aliphatic carbocycles. The average molecular weight is 389 g/mol. The van der Waals surface area contributed by atoms with Gasteiger partial charge in [0.1, 0.15) is 17.5 Å². The summed E-state index contributed by atoms with van der Waals surface area (Å²) in [7, 11) is 0. The zero-order valence-corrected chi connectivity index (χ0v) is 15.8. The van der Waals surface area contributed by atoms with Crippen molar-refractivity contribution >= 4 is 27.6 Å². The molecule has 1 amide bonds. The highest BCUT2D eigenvalue weighted by Crippen LogP contribution is 2.31. The van der Waals surface area contributed by atoms with Gasteiger partial charge in [-0.2, -0.15) is 0 Å². The molecule has 1 atom stereocenters. The van der Waals surface area contributed by atoms with Crippen LogP contribution in [0.15, 0.2) is 71.3 Å².